The summed E-state index contributed by atoms with van der Waals surface area (Å²) >= 11 is 5.86. The minimum absolute atomic E-state index is 0.207. The third-order valence-corrected chi connectivity index (χ3v) is 3.99. The van der Waals surface area contributed by atoms with Crippen LogP contribution in [0.5, 0.6) is 0 Å². The van der Waals surface area contributed by atoms with Crippen molar-refractivity contribution < 1.29 is 9.59 Å². The number of ketones is 1. The Morgan fingerprint density at radius 3 is 2.48 bits per heavy atom. The molecule has 1 heterocycles. The van der Waals surface area contributed by atoms with Gasteiger partial charge in [-0.25, -0.2) is 0 Å². The highest BCUT2D eigenvalue weighted by atomic mass is 35.5. The first kappa shape index (κ1) is 13.6. The van der Waals surface area contributed by atoms with Crippen LogP contribution >= 0.6 is 11.6 Å². The Bertz CT molecular complexity index is 744. The maximum absolute atomic E-state index is 12.5. The number of allylic oxidation sites excluding steroid dienone is 4. The van der Waals surface area contributed by atoms with E-state index in [2.05, 4.69) is 5.32 Å². The molecule has 0 saturated carbocycles. The van der Waals surface area contributed by atoms with Gasteiger partial charge >= 0.3 is 0 Å². The van der Waals surface area contributed by atoms with Crippen molar-refractivity contribution >= 4 is 29.0 Å². The quantitative estimate of drug-likeness (QED) is 0.781. The topological polar surface area (TPSA) is 72.2 Å². The Kier molecular flexibility index (Phi) is 2.99. The molecule has 0 saturated heterocycles. The van der Waals surface area contributed by atoms with Crippen molar-refractivity contribution in [3.63, 3.8) is 0 Å². The minimum Gasteiger partial charge on any atom is -0.399 e. The highest BCUT2D eigenvalue weighted by Gasteiger charge is 2.40. The standard InChI is InChI=1S/C16H13ClN2O2/c1-16(9-2-4-11(18)5-3-9)8-12-13(19-15(16)21)6-10(17)7-14(12)20/h2-8H,18H2,1H3,(H,19,21). The fraction of sp³-hybridized carbons (Fsp3) is 0.125. The first-order chi connectivity index (χ1) is 9.90. The van der Waals surface area contributed by atoms with Crippen molar-refractivity contribution in [2.24, 2.45) is 0 Å². The Morgan fingerprint density at radius 1 is 1.14 bits per heavy atom. The summed E-state index contributed by atoms with van der Waals surface area (Å²) in [5.41, 5.74) is 7.05. The van der Waals surface area contributed by atoms with Gasteiger partial charge in [0, 0.05) is 22.4 Å². The van der Waals surface area contributed by atoms with Gasteiger partial charge in [-0.1, -0.05) is 29.8 Å². The highest BCUT2D eigenvalue weighted by molar-refractivity contribution is 6.34. The van der Waals surface area contributed by atoms with Crippen LogP contribution in [0.4, 0.5) is 5.69 Å². The van der Waals surface area contributed by atoms with E-state index in [1.54, 1.807) is 43.3 Å². The molecule has 0 aromatic heterocycles. The van der Waals surface area contributed by atoms with Crippen molar-refractivity contribution in [3.05, 3.63) is 64.4 Å². The van der Waals surface area contributed by atoms with Gasteiger partial charge in [0.25, 0.3) is 0 Å². The van der Waals surface area contributed by atoms with Crippen LogP contribution in [0.2, 0.25) is 0 Å². The number of halogens is 1. The molecule has 1 aliphatic heterocycles. The van der Waals surface area contributed by atoms with Crippen LogP contribution in [-0.2, 0) is 15.0 Å². The van der Waals surface area contributed by atoms with Gasteiger partial charge in [0.1, 0.15) is 0 Å². The maximum atomic E-state index is 12.5. The number of amides is 1. The lowest BCUT2D eigenvalue weighted by Gasteiger charge is -2.33. The van der Waals surface area contributed by atoms with Gasteiger partial charge in [-0.3, -0.25) is 9.59 Å². The van der Waals surface area contributed by atoms with E-state index in [0.717, 1.165) is 5.56 Å². The fourth-order valence-corrected chi connectivity index (χ4v) is 2.70. The second-order valence-corrected chi connectivity index (χ2v) is 5.72. The number of rotatable bonds is 1. The van der Waals surface area contributed by atoms with Crippen LogP contribution in [0.1, 0.15) is 12.5 Å². The van der Waals surface area contributed by atoms with Gasteiger partial charge in [-0.05, 0) is 30.7 Å². The van der Waals surface area contributed by atoms with Gasteiger partial charge in [0.05, 0.1) is 11.1 Å². The molecular formula is C16H13ClN2O2. The highest BCUT2D eigenvalue weighted by Crippen LogP contribution is 2.35. The molecule has 1 atom stereocenters. The molecule has 106 valence electrons. The van der Waals surface area contributed by atoms with E-state index in [4.69, 9.17) is 17.3 Å². The zero-order chi connectivity index (χ0) is 15.2. The number of nitrogens with one attached hydrogen (secondary N) is 1. The summed E-state index contributed by atoms with van der Waals surface area (Å²) in [6.45, 7) is 1.77. The molecule has 0 bridgehead atoms. The van der Waals surface area contributed by atoms with E-state index in [0.29, 0.717) is 22.0 Å². The normalized spacial score (nSPS) is 24.6. The van der Waals surface area contributed by atoms with Crippen LogP contribution in [0.3, 0.4) is 0 Å². The number of carbonyl (C=O) groups excluding carboxylic acids is 2. The summed E-state index contributed by atoms with van der Waals surface area (Å²) in [6, 6.07) is 7.04. The molecule has 5 heteroatoms. The molecule has 4 nitrogen and oxygen atoms in total. The van der Waals surface area contributed by atoms with Crippen LogP contribution in [0.15, 0.2) is 58.8 Å². The Hall–Kier alpha value is -2.33. The number of nitrogens with two attached hydrogens (primary N) is 1. The second kappa shape index (κ2) is 4.60. The molecule has 3 N–H and O–H groups in total. The maximum Gasteiger partial charge on any atom is 0.238 e. The average molecular weight is 301 g/mol. The molecule has 1 aliphatic carbocycles. The van der Waals surface area contributed by atoms with Crippen LogP contribution in [-0.4, -0.2) is 11.7 Å². The van der Waals surface area contributed by atoms with Gasteiger partial charge in [-0.15, -0.1) is 0 Å². The molecule has 21 heavy (non-hydrogen) atoms. The summed E-state index contributed by atoms with van der Waals surface area (Å²) in [6.07, 6.45) is 4.61. The smallest absolute Gasteiger partial charge is 0.238 e. The average Bonchev–Trinajstić information content (AvgIpc) is 2.42. The molecule has 1 unspecified atom stereocenters. The summed E-state index contributed by atoms with van der Waals surface area (Å²) in [7, 11) is 0. The molecule has 2 aliphatic rings. The lowest BCUT2D eigenvalue weighted by Crippen LogP contribution is -2.46. The molecule has 0 spiro atoms. The van der Waals surface area contributed by atoms with Crippen LogP contribution in [0.25, 0.3) is 0 Å². The number of benzene rings is 1. The molecule has 1 aromatic carbocycles. The molecule has 0 fully saturated rings. The molecule has 1 aromatic rings. The monoisotopic (exact) mass is 300 g/mol. The van der Waals surface area contributed by atoms with Crippen molar-refractivity contribution in [1.82, 2.24) is 5.32 Å². The number of hydrogen-bond donors (Lipinski definition) is 2. The third-order valence-electron chi connectivity index (χ3n) is 3.77. The van der Waals surface area contributed by atoms with Crippen molar-refractivity contribution in [2.45, 2.75) is 12.3 Å². The largest absolute Gasteiger partial charge is 0.399 e. The first-order valence-electron chi connectivity index (χ1n) is 6.44. The van der Waals surface area contributed by atoms with E-state index in [-0.39, 0.29) is 11.7 Å². The predicted octanol–water partition coefficient (Wildman–Crippen LogP) is 2.17. The molecule has 0 radical (unpaired) electrons. The Labute approximate surface area is 127 Å². The predicted molar refractivity (Wildman–Crippen MR) is 81.5 cm³/mol. The van der Waals surface area contributed by atoms with Gasteiger partial charge in [0.15, 0.2) is 5.78 Å². The SMILES string of the molecule is CC1(c2ccc(N)cc2)C=C2C(=O)C=C(Cl)C=C2NC1=O. The van der Waals surface area contributed by atoms with Crippen LogP contribution < -0.4 is 11.1 Å². The second-order valence-electron chi connectivity index (χ2n) is 5.29. The summed E-state index contributed by atoms with van der Waals surface area (Å²) < 4.78 is 0. The lowest BCUT2D eigenvalue weighted by atomic mass is 9.76. The van der Waals surface area contributed by atoms with E-state index in [9.17, 15) is 9.59 Å². The van der Waals surface area contributed by atoms with Gasteiger partial charge in [-0.2, -0.15) is 0 Å². The summed E-state index contributed by atoms with van der Waals surface area (Å²) in [5.74, 6) is -0.416. The number of nitrogen functional groups attached to an aromatic ring is 1. The summed E-state index contributed by atoms with van der Waals surface area (Å²) in [4.78, 5) is 24.5. The van der Waals surface area contributed by atoms with Gasteiger partial charge in [0.2, 0.25) is 5.91 Å². The van der Waals surface area contributed by atoms with Crippen LogP contribution in [0, 0.1) is 0 Å². The fourth-order valence-electron chi connectivity index (χ4n) is 2.50. The third kappa shape index (κ3) is 2.17. The van der Waals surface area contributed by atoms with Crippen molar-refractivity contribution in [1.29, 1.82) is 0 Å². The van der Waals surface area contributed by atoms with E-state index in [1.807, 2.05) is 0 Å². The minimum atomic E-state index is -0.923. The molecular weight excluding hydrogens is 288 g/mol. The zero-order valence-electron chi connectivity index (χ0n) is 11.3. The number of carbonyl (C=O) groups is 2. The van der Waals surface area contributed by atoms with E-state index >= 15 is 0 Å². The van der Waals surface area contributed by atoms with E-state index in [1.165, 1.54) is 6.08 Å². The first-order valence-corrected chi connectivity index (χ1v) is 6.82. The van der Waals surface area contributed by atoms with Crippen molar-refractivity contribution in [2.75, 3.05) is 5.73 Å². The molecule has 1 amide bonds. The van der Waals surface area contributed by atoms with Gasteiger partial charge < -0.3 is 11.1 Å². The number of fused-ring (bicyclic) bond motifs is 1. The lowest BCUT2D eigenvalue weighted by molar-refractivity contribution is -0.124. The number of anilines is 1. The Morgan fingerprint density at radius 2 is 1.81 bits per heavy atom. The molecule has 3 rings (SSSR count). The van der Waals surface area contributed by atoms with E-state index < -0.39 is 5.41 Å². The number of hydrogen-bond acceptors (Lipinski definition) is 3. The Balaban J connectivity index is 2.13. The van der Waals surface area contributed by atoms with Crippen molar-refractivity contribution in [3.8, 4) is 0 Å². The summed E-state index contributed by atoms with van der Waals surface area (Å²) in [5, 5.41) is 3.07. The zero-order valence-corrected chi connectivity index (χ0v) is 12.1.